The number of amides is 1. The zero-order valence-corrected chi connectivity index (χ0v) is 17.2. The highest BCUT2D eigenvalue weighted by Gasteiger charge is 2.30. The van der Waals surface area contributed by atoms with Crippen molar-refractivity contribution in [3.05, 3.63) is 46.4 Å². The number of anilines is 1. The molecule has 0 aromatic carbocycles. The molecule has 1 aliphatic carbocycles. The third kappa shape index (κ3) is 3.76. The molecule has 0 bridgehead atoms. The lowest BCUT2D eigenvalue weighted by molar-refractivity contribution is -0.115. The van der Waals surface area contributed by atoms with Crippen LogP contribution in [0.15, 0.2) is 24.5 Å². The number of nitrogens with one attached hydrogen (secondary N) is 1. The Labute approximate surface area is 163 Å². The van der Waals surface area contributed by atoms with E-state index in [4.69, 9.17) is 0 Å². The van der Waals surface area contributed by atoms with E-state index in [0.29, 0.717) is 11.3 Å². The second-order valence-corrected chi connectivity index (χ2v) is 9.66. The SMILES string of the molecule is Cc1cccn2cc(CC(=O)Nc3nc4c(s3)CC(C(C)(C)C)CC4)nc12. The lowest BCUT2D eigenvalue weighted by Gasteiger charge is -2.33. The minimum atomic E-state index is -0.0606. The van der Waals surface area contributed by atoms with Crippen LogP contribution in [0.4, 0.5) is 5.13 Å². The maximum absolute atomic E-state index is 12.5. The maximum Gasteiger partial charge on any atom is 0.232 e. The molecule has 6 heteroatoms. The Hall–Kier alpha value is -2.21. The highest BCUT2D eigenvalue weighted by atomic mass is 32.1. The van der Waals surface area contributed by atoms with Gasteiger partial charge in [-0.2, -0.15) is 0 Å². The number of imidazole rings is 1. The first-order valence-electron chi connectivity index (χ1n) is 9.51. The molecule has 3 aromatic heterocycles. The molecule has 3 aromatic rings. The Morgan fingerprint density at radius 1 is 1.37 bits per heavy atom. The molecule has 0 fully saturated rings. The lowest BCUT2D eigenvalue weighted by Crippen LogP contribution is -2.26. The lowest BCUT2D eigenvalue weighted by atomic mass is 9.73. The molecule has 1 unspecified atom stereocenters. The number of hydrogen-bond acceptors (Lipinski definition) is 4. The van der Waals surface area contributed by atoms with Crippen LogP contribution in [0.2, 0.25) is 0 Å². The van der Waals surface area contributed by atoms with Gasteiger partial charge in [-0.1, -0.05) is 26.8 Å². The third-order valence-corrected chi connectivity index (χ3v) is 6.52. The summed E-state index contributed by atoms with van der Waals surface area (Å²) in [5, 5.41) is 3.70. The number of thiazole rings is 1. The van der Waals surface area contributed by atoms with Gasteiger partial charge >= 0.3 is 0 Å². The second-order valence-electron chi connectivity index (χ2n) is 8.57. The van der Waals surface area contributed by atoms with Crippen LogP contribution in [0.1, 0.15) is 49.0 Å². The Morgan fingerprint density at radius 3 is 2.93 bits per heavy atom. The summed E-state index contributed by atoms with van der Waals surface area (Å²) in [4.78, 5) is 23.1. The number of aromatic nitrogens is 3. The first kappa shape index (κ1) is 18.2. The molecule has 1 amide bonds. The number of fused-ring (bicyclic) bond motifs is 2. The number of nitrogens with zero attached hydrogens (tertiary/aromatic N) is 3. The molecule has 1 atom stereocenters. The van der Waals surface area contributed by atoms with Crippen LogP contribution in [0.25, 0.3) is 5.65 Å². The summed E-state index contributed by atoms with van der Waals surface area (Å²) in [7, 11) is 0. The summed E-state index contributed by atoms with van der Waals surface area (Å²) in [5.74, 6) is 0.616. The average molecular weight is 383 g/mol. The Kier molecular flexibility index (Phi) is 4.54. The summed E-state index contributed by atoms with van der Waals surface area (Å²) < 4.78 is 1.96. The predicted octanol–water partition coefficient (Wildman–Crippen LogP) is 4.43. The molecule has 4 rings (SSSR count). The van der Waals surface area contributed by atoms with Crippen LogP contribution in [0, 0.1) is 18.3 Å². The minimum Gasteiger partial charge on any atom is -0.307 e. The van der Waals surface area contributed by atoms with Crippen LogP contribution in [0.3, 0.4) is 0 Å². The fourth-order valence-electron chi connectivity index (χ4n) is 3.79. The van der Waals surface area contributed by atoms with Crippen molar-refractivity contribution in [2.24, 2.45) is 11.3 Å². The first-order chi connectivity index (χ1) is 12.8. The van der Waals surface area contributed by atoms with Gasteiger partial charge < -0.3 is 9.72 Å². The van der Waals surface area contributed by atoms with E-state index in [2.05, 4.69) is 36.1 Å². The number of rotatable bonds is 3. The number of aryl methyl sites for hydroxylation is 2. The zero-order chi connectivity index (χ0) is 19.2. The zero-order valence-electron chi connectivity index (χ0n) is 16.4. The van der Waals surface area contributed by atoms with E-state index < -0.39 is 0 Å². The van der Waals surface area contributed by atoms with Crippen LogP contribution >= 0.6 is 11.3 Å². The van der Waals surface area contributed by atoms with Crippen molar-refractivity contribution < 1.29 is 4.79 Å². The summed E-state index contributed by atoms with van der Waals surface area (Å²) in [6.07, 6.45) is 7.39. The summed E-state index contributed by atoms with van der Waals surface area (Å²) in [6, 6.07) is 4.01. The van der Waals surface area contributed by atoms with Crippen LogP contribution in [-0.2, 0) is 24.1 Å². The van der Waals surface area contributed by atoms with Crippen molar-refractivity contribution in [3.8, 4) is 0 Å². The van der Waals surface area contributed by atoms with E-state index in [1.807, 2.05) is 35.9 Å². The Morgan fingerprint density at radius 2 is 2.19 bits per heavy atom. The molecule has 142 valence electrons. The van der Waals surface area contributed by atoms with Crippen molar-refractivity contribution in [3.63, 3.8) is 0 Å². The number of hydrogen-bond donors (Lipinski definition) is 1. The quantitative estimate of drug-likeness (QED) is 0.729. The number of carbonyl (C=O) groups is 1. The molecular weight excluding hydrogens is 356 g/mol. The average Bonchev–Trinajstić information content (AvgIpc) is 3.16. The fraction of sp³-hybridized carbons (Fsp3) is 0.476. The van der Waals surface area contributed by atoms with Gasteiger partial charge in [-0.25, -0.2) is 9.97 Å². The van der Waals surface area contributed by atoms with Crippen LogP contribution in [0.5, 0.6) is 0 Å². The predicted molar refractivity (Wildman–Crippen MR) is 109 cm³/mol. The smallest absolute Gasteiger partial charge is 0.232 e. The molecule has 1 aliphatic rings. The fourth-order valence-corrected chi connectivity index (χ4v) is 4.89. The van der Waals surface area contributed by atoms with E-state index in [1.165, 1.54) is 17.0 Å². The van der Waals surface area contributed by atoms with E-state index in [1.54, 1.807) is 11.3 Å². The van der Waals surface area contributed by atoms with Crippen molar-refractivity contribution in [2.75, 3.05) is 5.32 Å². The van der Waals surface area contributed by atoms with Gasteiger partial charge in [0.2, 0.25) is 5.91 Å². The van der Waals surface area contributed by atoms with Gasteiger partial charge in [0.05, 0.1) is 17.8 Å². The summed E-state index contributed by atoms with van der Waals surface area (Å²) in [6.45, 7) is 8.95. The molecule has 1 N–H and O–H groups in total. The minimum absolute atomic E-state index is 0.0606. The normalized spacial score (nSPS) is 17.1. The summed E-state index contributed by atoms with van der Waals surface area (Å²) in [5.41, 5.74) is 4.25. The number of pyridine rings is 1. The topological polar surface area (TPSA) is 59.3 Å². The molecule has 0 saturated carbocycles. The van der Waals surface area contributed by atoms with Crippen LogP contribution in [-0.4, -0.2) is 20.3 Å². The van der Waals surface area contributed by atoms with Gasteiger partial charge in [-0.15, -0.1) is 11.3 Å². The summed E-state index contributed by atoms with van der Waals surface area (Å²) >= 11 is 1.63. The van der Waals surface area contributed by atoms with Gasteiger partial charge in [-0.3, -0.25) is 4.79 Å². The third-order valence-electron chi connectivity index (χ3n) is 5.48. The van der Waals surface area contributed by atoms with Crippen molar-refractivity contribution in [1.82, 2.24) is 14.4 Å². The molecule has 0 aliphatic heterocycles. The number of carbonyl (C=O) groups excluding carboxylic acids is 1. The van der Waals surface area contributed by atoms with Crippen molar-refractivity contribution in [2.45, 2.75) is 53.4 Å². The Balaban J connectivity index is 1.44. The molecule has 0 spiro atoms. The van der Waals surface area contributed by atoms with Crippen molar-refractivity contribution >= 4 is 28.0 Å². The van der Waals surface area contributed by atoms with E-state index >= 15 is 0 Å². The van der Waals surface area contributed by atoms with Gasteiger partial charge in [-0.05, 0) is 49.1 Å². The van der Waals surface area contributed by atoms with E-state index in [-0.39, 0.29) is 12.3 Å². The monoisotopic (exact) mass is 382 g/mol. The van der Waals surface area contributed by atoms with Crippen molar-refractivity contribution in [1.29, 1.82) is 0 Å². The highest BCUT2D eigenvalue weighted by molar-refractivity contribution is 7.15. The Bertz CT molecular complexity index is 995. The van der Waals surface area contributed by atoms with E-state index in [9.17, 15) is 4.79 Å². The molecule has 0 saturated heterocycles. The molecule has 0 radical (unpaired) electrons. The van der Waals surface area contributed by atoms with Gasteiger partial charge in [0.15, 0.2) is 5.13 Å². The largest absolute Gasteiger partial charge is 0.307 e. The van der Waals surface area contributed by atoms with Gasteiger partial charge in [0.1, 0.15) is 5.65 Å². The van der Waals surface area contributed by atoms with E-state index in [0.717, 1.165) is 34.9 Å². The molecule has 3 heterocycles. The van der Waals surface area contributed by atoms with Gasteiger partial charge in [0.25, 0.3) is 0 Å². The maximum atomic E-state index is 12.5. The van der Waals surface area contributed by atoms with Gasteiger partial charge in [0, 0.05) is 17.3 Å². The second kappa shape index (κ2) is 6.75. The standard InChI is InChI=1S/C21H26N4OS/c1-13-6-5-9-25-12-15(22-19(13)25)11-18(26)24-20-23-16-8-7-14(21(2,3)4)10-17(16)27-20/h5-6,9,12,14H,7-8,10-11H2,1-4H3,(H,23,24,26). The molecule has 27 heavy (non-hydrogen) atoms. The highest BCUT2D eigenvalue weighted by Crippen LogP contribution is 2.40. The molecular formula is C21H26N4OS. The first-order valence-corrected chi connectivity index (χ1v) is 10.3. The molecule has 5 nitrogen and oxygen atoms in total. The van der Waals surface area contributed by atoms with Crippen LogP contribution < -0.4 is 5.32 Å².